The second kappa shape index (κ2) is 36.7. The zero-order chi connectivity index (χ0) is 72.2. The van der Waals surface area contributed by atoms with Gasteiger partial charge in [0.2, 0.25) is 5.91 Å². The van der Waals surface area contributed by atoms with Crippen molar-refractivity contribution in [1.29, 1.82) is 0 Å². The molecule has 102 heavy (non-hydrogen) atoms. The van der Waals surface area contributed by atoms with E-state index in [1.54, 1.807) is 31.1 Å². The van der Waals surface area contributed by atoms with Crippen LogP contribution in [-0.2, 0) is 72.7 Å². The van der Waals surface area contributed by atoms with Gasteiger partial charge in [0, 0.05) is 134 Å². The molecule has 0 fully saturated rings. The van der Waals surface area contributed by atoms with E-state index in [1.807, 2.05) is 77.6 Å². The molecule has 11 rings (SSSR count). The molecule has 2 aliphatic heterocycles. The average Bonchev–Trinajstić information content (AvgIpc) is 1.49. The molecule has 22 nitrogen and oxygen atoms in total. The number of anilines is 4. The van der Waals surface area contributed by atoms with Crippen molar-refractivity contribution in [3.63, 3.8) is 0 Å². The topological polar surface area (TPSA) is 236 Å². The van der Waals surface area contributed by atoms with E-state index >= 15 is 4.79 Å². The van der Waals surface area contributed by atoms with Gasteiger partial charge in [-0.2, -0.15) is 5.10 Å². The summed E-state index contributed by atoms with van der Waals surface area (Å²) < 4.78 is 40.7. The number of hydrogen-bond donors (Lipinski definition) is 3. The number of aromatic nitrogens is 6. The van der Waals surface area contributed by atoms with Crippen LogP contribution in [0.4, 0.5) is 22.7 Å². The van der Waals surface area contributed by atoms with Gasteiger partial charge in [0.25, 0.3) is 11.8 Å². The number of hydrogen-bond acceptors (Lipinski definition) is 16. The summed E-state index contributed by atoms with van der Waals surface area (Å²) in [4.78, 5) is 59.6. The first kappa shape index (κ1) is 76.3. The number of halogens is 1. The first-order valence-electron chi connectivity index (χ1n) is 35.3. The van der Waals surface area contributed by atoms with Crippen LogP contribution in [0, 0.1) is 12.3 Å². The van der Waals surface area contributed by atoms with Gasteiger partial charge in [-0.25, -0.2) is 13.9 Å². The molecule has 8 aromatic rings. The third-order valence-electron chi connectivity index (χ3n) is 18.6. The Bertz CT molecular complexity index is 4110. The molecule has 544 valence electrons. The number of carbonyl (C=O) groups is 4. The molecule has 4 N–H and O–H groups in total. The maximum absolute atomic E-state index is 15.0. The number of carbonyl (C=O) groups excluding carboxylic acids is 4. The van der Waals surface area contributed by atoms with Crippen LogP contribution in [0.5, 0.6) is 11.5 Å². The van der Waals surface area contributed by atoms with Gasteiger partial charge in [-0.3, -0.25) is 24.1 Å². The Balaban J connectivity index is 0.00000555. The third kappa shape index (κ3) is 18.3. The number of benzene rings is 5. The Morgan fingerprint density at radius 1 is 0.686 bits per heavy atom. The van der Waals surface area contributed by atoms with E-state index in [-0.39, 0.29) is 29.6 Å². The molecule has 1 aliphatic carbocycles. The monoisotopic (exact) mass is 1550 g/mol. The van der Waals surface area contributed by atoms with Crippen molar-refractivity contribution in [2.24, 2.45) is 11.1 Å². The first-order valence-corrected chi connectivity index (χ1v) is 38.3. The molecule has 5 heterocycles. The summed E-state index contributed by atoms with van der Waals surface area (Å²) in [5, 5.41) is 19.5. The van der Waals surface area contributed by atoms with Crippen LogP contribution in [0.1, 0.15) is 137 Å². The van der Waals surface area contributed by atoms with E-state index in [0.717, 1.165) is 106 Å². The molecular weight excluding hydrogens is 1460 g/mol. The predicted molar refractivity (Wildman–Crippen MR) is 401 cm³/mol. The fraction of sp³-hybridized carbons (Fsp3) is 0.410. The van der Waals surface area contributed by atoms with Crippen LogP contribution in [0.3, 0.4) is 0 Å². The summed E-state index contributed by atoms with van der Waals surface area (Å²) in [7, 11) is 0. The molecule has 0 saturated carbocycles. The van der Waals surface area contributed by atoms with Gasteiger partial charge >= 0.3 is 33.1 Å². The van der Waals surface area contributed by atoms with Crippen molar-refractivity contribution >= 4 is 78.8 Å². The zero-order valence-corrected chi connectivity index (χ0v) is 62.6. The van der Waals surface area contributed by atoms with E-state index in [0.29, 0.717) is 139 Å². The molecule has 0 unspecified atom stereocenters. The van der Waals surface area contributed by atoms with E-state index in [2.05, 4.69) is 169 Å². The van der Waals surface area contributed by atoms with Gasteiger partial charge in [0.05, 0.1) is 93.2 Å². The molecule has 0 atom stereocenters. The predicted octanol–water partition coefficient (Wildman–Crippen LogP) is 11.5. The fourth-order valence-electron chi connectivity index (χ4n) is 13.6. The van der Waals surface area contributed by atoms with Crippen LogP contribution in [0.2, 0.25) is 0 Å². The number of nitrogens with one attached hydrogen (secondary N) is 2. The summed E-state index contributed by atoms with van der Waals surface area (Å²) in [6.45, 7) is 24.4. The molecule has 1 spiro atoms. The summed E-state index contributed by atoms with van der Waals surface area (Å²) >= 11 is 5.87. The average molecular weight is 1550 g/mol. The van der Waals surface area contributed by atoms with Gasteiger partial charge in [-0.1, -0.05) is 73.7 Å². The van der Waals surface area contributed by atoms with Gasteiger partial charge < -0.3 is 54.6 Å². The van der Waals surface area contributed by atoms with Crippen LogP contribution >= 0.6 is 20.3 Å². The fourth-order valence-corrected chi connectivity index (χ4v) is 13.6. The number of pyridine rings is 1. The number of fused-ring (bicyclic) bond motifs is 7. The van der Waals surface area contributed by atoms with Crippen molar-refractivity contribution < 1.29 is 64.9 Å². The Labute approximate surface area is 618 Å². The van der Waals surface area contributed by atoms with Gasteiger partial charge in [-0.15, -0.1) is 5.10 Å². The minimum absolute atomic E-state index is 0.0622. The van der Waals surface area contributed by atoms with Gasteiger partial charge in [0.15, 0.2) is 24.7 Å². The minimum atomic E-state index is -0.988. The number of nitrogens with two attached hydrogens (primary N) is 1. The summed E-state index contributed by atoms with van der Waals surface area (Å²) in [5.41, 5.74) is 17.8. The van der Waals surface area contributed by atoms with Gasteiger partial charge in [0.1, 0.15) is 23.6 Å². The summed E-state index contributed by atoms with van der Waals surface area (Å²) in [5.74, 6) is 0.840. The zero-order valence-electron chi connectivity index (χ0n) is 59.5. The third-order valence-corrected chi connectivity index (χ3v) is 18.6. The normalized spacial score (nSPS) is 13.8. The molecule has 5 aromatic carbocycles. The number of Topliss-reactive ketones (excluding diaryl/α,β-unsaturated/α-hetero) is 1. The van der Waals surface area contributed by atoms with E-state index in [9.17, 15) is 14.4 Å². The number of primary amides is 1. The molecule has 0 radical (unpaired) electrons. The Morgan fingerprint density at radius 3 is 1.83 bits per heavy atom. The molecule has 3 amide bonds. The number of rotatable bonds is 37. The standard InChI is InChI=1S/C78H94N12O10.Cu.HI/c1-8-86(9-2)60-25-28-66-71(49-60)100-72-50-61(87(10-3)11-4)26-29-67(72)78(66)65-17-13-12-16-63(65)76(94)89(78)59-22-20-56(21-23-59)18-19-57-30-35-85(36-31-57)37-32-58-53-88(84-82-58)54-73(92)81-34-15-39-96-41-43-98-45-47-99-46-44-97-42-40-95-38-14-33-80-68-48-62(24-27-64(68)75(79)93)90-69-51-77(6,7)52-70(91)74(69)55(5)83-90;;/h12-13,16-31,35-36,48-50,53H,8-11,14-15,32-34,37-47,51-52,54H2,1-7H3,(H3-,79,80,81,92,93);;1H/q;+1;. The molecule has 3 aromatic heterocycles. The van der Waals surface area contributed by atoms with E-state index in [1.165, 1.54) is 0 Å². The molecule has 3 aliphatic rings. The van der Waals surface area contributed by atoms with E-state index < -0.39 is 11.4 Å². The number of ether oxygens (including phenoxy) is 6. The second-order valence-electron chi connectivity index (χ2n) is 26.1. The van der Waals surface area contributed by atoms with Crippen molar-refractivity contribution in [1.82, 2.24) is 30.1 Å². The van der Waals surface area contributed by atoms with Crippen LogP contribution in [-0.4, -0.2) is 154 Å². The molecule has 24 heteroatoms. The van der Waals surface area contributed by atoms with Gasteiger partial charge in [-0.05, 0) is 119 Å². The number of ketones is 1. The molecule has 0 bridgehead atoms. The van der Waals surface area contributed by atoms with Crippen molar-refractivity contribution in [3.05, 3.63) is 195 Å². The number of amides is 3. The molecule has 0 saturated heterocycles. The Morgan fingerprint density at radius 2 is 1.25 bits per heavy atom. The van der Waals surface area contributed by atoms with Crippen molar-refractivity contribution in [2.45, 2.75) is 99.2 Å². The van der Waals surface area contributed by atoms with Crippen LogP contribution in [0.25, 0.3) is 17.8 Å². The SMILES string of the molecule is CCN(CC)c1ccc2c(c1)Oc1cc(N(CC)CC)ccc1C21c2ccccc2C(=O)N1c1ccc(/C=C/c2cc[n+](CCc3cn(CC(=O)NCCCOCCOCCOCCOCCOCCCNc4cc(-n5nc(C)c6c5CC(C)(C)CC6=O)ccc4C(N)=O)nn3)cc2)cc1.[Cu][I]. The van der Waals surface area contributed by atoms with Crippen molar-refractivity contribution in [2.75, 3.05) is 125 Å². The van der Waals surface area contributed by atoms with Crippen LogP contribution in [0.15, 0.2) is 134 Å². The quantitative estimate of drug-likeness (QED) is 0.0142. The van der Waals surface area contributed by atoms with E-state index in [4.69, 9.17) is 39.3 Å². The second-order valence-corrected chi connectivity index (χ2v) is 26.1. The van der Waals surface area contributed by atoms with Crippen LogP contribution < -0.4 is 40.4 Å². The first-order chi connectivity index (χ1) is 49.6. The Hall–Kier alpha value is -8.33. The number of aryl methyl sites for hydroxylation is 3. The van der Waals surface area contributed by atoms with Crippen molar-refractivity contribution in [3.8, 4) is 17.2 Å². The maximum atomic E-state index is 15.0. The summed E-state index contributed by atoms with van der Waals surface area (Å²) in [6.07, 6.45) is 13.3. The summed E-state index contributed by atoms with van der Waals surface area (Å²) in [6, 6.07) is 38.7. The number of nitrogens with zero attached hydrogens (tertiary/aromatic N) is 9. The molecular formula is C78H95CuIN12O10+. The Kier molecular flexibility index (Phi) is 27.5.